The van der Waals surface area contributed by atoms with Gasteiger partial charge < -0.3 is 5.32 Å². The molecule has 0 bridgehead atoms. The lowest BCUT2D eigenvalue weighted by Gasteiger charge is -2.23. The van der Waals surface area contributed by atoms with E-state index in [-0.39, 0.29) is 6.04 Å². The highest BCUT2D eigenvalue weighted by Gasteiger charge is 2.21. The van der Waals surface area contributed by atoms with Crippen molar-refractivity contribution in [2.75, 3.05) is 5.32 Å². The van der Waals surface area contributed by atoms with Crippen LogP contribution in [0.2, 0.25) is 0 Å². The topological polar surface area (TPSA) is 37.8 Å². The Kier molecular flexibility index (Phi) is 4.64. The maximum absolute atomic E-state index is 4.66. The fraction of sp³-hybridized carbons (Fsp3) is 0.364. The van der Waals surface area contributed by atoms with Crippen molar-refractivity contribution in [1.29, 1.82) is 0 Å². The fourth-order valence-corrected chi connectivity index (χ4v) is 3.94. The molecule has 1 heterocycles. The van der Waals surface area contributed by atoms with Crippen molar-refractivity contribution >= 4 is 16.6 Å². The monoisotopic (exact) mass is 331 g/mol. The van der Waals surface area contributed by atoms with Crippen molar-refractivity contribution in [3.63, 3.8) is 0 Å². The molecule has 25 heavy (non-hydrogen) atoms. The summed E-state index contributed by atoms with van der Waals surface area (Å²) in [6, 6.07) is 19.2. The van der Waals surface area contributed by atoms with E-state index in [9.17, 15) is 0 Å². The van der Waals surface area contributed by atoms with Crippen molar-refractivity contribution in [3.05, 3.63) is 65.9 Å². The molecular weight excluding hydrogens is 306 g/mol. The third kappa shape index (κ3) is 3.37. The summed E-state index contributed by atoms with van der Waals surface area (Å²) < 4.78 is 0. The second-order valence-corrected chi connectivity index (χ2v) is 7.09. The van der Waals surface area contributed by atoms with Gasteiger partial charge in [-0.2, -0.15) is 5.10 Å². The number of fused-ring (bicyclic) bond motifs is 1. The van der Waals surface area contributed by atoms with E-state index < -0.39 is 0 Å². The molecular formula is C22H25N3. The molecule has 0 saturated heterocycles. The van der Waals surface area contributed by atoms with Gasteiger partial charge in [0.05, 0.1) is 11.7 Å². The zero-order valence-corrected chi connectivity index (χ0v) is 14.8. The van der Waals surface area contributed by atoms with Gasteiger partial charge in [-0.3, -0.25) is 0 Å². The van der Waals surface area contributed by atoms with Crippen LogP contribution in [-0.2, 0) is 0 Å². The molecule has 1 unspecified atom stereocenters. The average molecular weight is 331 g/mol. The van der Waals surface area contributed by atoms with Gasteiger partial charge in [0.15, 0.2) is 5.82 Å². The highest BCUT2D eigenvalue weighted by molar-refractivity contribution is 5.93. The molecule has 3 aromatic rings. The van der Waals surface area contributed by atoms with Gasteiger partial charge in [0, 0.05) is 16.7 Å². The Morgan fingerprint density at radius 2 is 1.52 bits per heavy atom. The van der Waals surface area contributed by atoms with Crippen molar-refractivity contribution < 1.29 is 0 Å². The number of nitrogens with zero attached hydrogens (tertiary/aromatic N) is 2. The van der Waals surface area contributed by atoms with Gasteiger partial charge >= 0.3 is 0 Å². The van der Waals surface area contributed by atoms with Crippen LogP contribution in [0.15, 0.2) is 54.6 Å². The molecule has 1 aliphatic carbocycles. The van der Waals surface area contributed by atoms with Crippen LogP contribution in [0.4, 0.5) is 5.82 Å². The van der Waals surface area contributed by atoms with Crippen LogP contribution in [0.25, 0.3) is 10.8 Å². The molecule has 0 spiro atoms. The summed E-state index contributed by atoms with van der Waals surface area (Å²) in [6.45, 7) is 2.17. The standard InChI is InChI=1S/C22H25N3/c1-16(17-10-4-2-5-11-17)23-22-20-15-9-8-14-19(20)21(24-25-22)18-12-6-3-7-13-18/h2,4-5,8-11,14-16,18H,3,6-7,12-13H2,1H3,(H,23,25). The highest BCUT2D eigenvalue weighted by atomic mass is 15.2. The Morgan fingerprint density at radius 3 is 2.28 bits per heavy atom. The summed E-state index contributed by atoms with van der Waals surface area (Å²) in [7, 11) is 0. The van der Waals surface area contributed by atoms with Crippen molar-refractivity contribution in [1.82, 2.24) is 10.2 Å². The Labute approximate surface area is 149 Å². The summed E-state index contributed by atoms with van der Waals surface area (Å²) in [5.41, 5.74) is 2.44. The number of nitrogens with one attached hydrogen (secondary N) is 1. The first-order valence-corrected chi connectivity index (χ1v) is 9.40. The quantitative estimate of drug-likeness (QED) is 0.651. The van der Waals surface area contributed by atoms with Crippen LogP contribution in [0, 0.1) is 0 Å². The molecule has 3 heteroatoms. The van der Waals surface area contributed by atoms with Crippen LogP contribution in [0.5, 0.6) is 0 Å². The largest absolute Gasteiger partial charge is 0.362 e. The lowest BCUT2D eigenvalue weighted by atomic mass is 9.85. The average Bonchev–Trinajstić information content (AvgIpc) is 2.69. The molecule has 3 nitrogen and oxygen atoms in total. The zero-order valence-electron chi connectivity index (χ0n) is 14.8. The second-order valence-electron chi connectivity index (χ2n) is 7.09. The normalized spacial score (nSPS) is 16.7. The molecule has 1 aromatic heterocycles. The Balaban J connectivity index is 1.68. The minimum Gasteiger partial charge on any atom is -0.362 e. The smallest absolute Gasteiger partial charge is 0.157 e. The predicted molar refractivity (Wildman–Crippen MR) is 104 cm³/mol. The summed E-state index contributed by atoms with van der Waals surface area (Å²) in [6.07, 6.45) is 6.46. The van der Waals surface area contributed by atoms with Gasteiger partial charge in [-0.1, -0.05) is 73.9 Å². The van der Waals surface area contributed by atoms with Gasteiger partial charge in [-0.05, 0) is 25.3 Å². The molecule has 1 fully saturated rings. The molecule has 1 aliphatic rings. The molecule has 4 rings (SSSR count). The number of benzene rings is 2. The third-order valence-corrected chi connectivity index (χ3v) is 5.36. The summed E-state index contributed by atoms with van der Waals surface area (Å²) in [5.74, 6) is 1.44. The minimum atomic E-state index is 0.194. The maximum atomic E-state index is 4.66. The van der Waals surface area contributed by atoms with E-state index in [4.69, 9.17) is 0 Å². The van der Waals surface area contributed by atoms with Gasteiger partial charge in [0.1, 0.15) is 0 Å². The van der Waals surface area contributed by atoms with E-state index >= 15 is 0 Å². The van der Waals surface area contributed by atoms with E-state index in [0.29, 0.717) is 5.92 Å². The predicted octanol–water partition coefficient (Wildman–Crippen LogP) is 5.85. The van der Waals surface area contributed by atoms with Gasteiger partial charge in [0.2, 0.25) is 0 Å². The Bertz CT molecular complexity index is 838. The zero-order chi connectivity index (χ0) is 17.1. The van der Waals surface area contributed by atoms with E-state index in [2.05, 4.69) is 71.0 Å². The maximum Gasteiger partial charge on any atom is 0.157 e. The first kappa shape index (κ1) is 16.1. The molecule has 2 aromatic carbocycles. The van der Waals surface area contributed by atoms with Crippen LogP contribution in [0.1, 0.15) is 62.2 Å². The molecule has 1 N–H and O–H groups in total. The summed E-state index contributed by atoms with van der Waals surface area (Å²) in [4.78, 5) is 0. The van der Waals surface area contributed by atoms with Gasteiger partial charge in [-0.15, -0.1) is 5.10 Å². The second kappa shape index (κ2) is 7.22. The van der Waals surface area contributed by atoms with Crippen LogP contribution in [-0.4, -0.2) is 10.2 Å². The van der Waals surface area contributed by atoms with Crippen LogP contribution < -0.4 is 5.32 Å². The molecule has 0 aliphatic heterocycles. The number of rotatable bonds is 4. The third-order valence-electron chi connectivity index (χ3n) is 5.36. The molecule has 1 saturated carbocycles. The number of hydrogen-bond donors (Lipinski definition) is 1. The van der Waals surface area contributed by atoms with Gasteiger partial charge in [0.25, 0.3) is 0 Å². The number of anilines is 1. The lowest BCUT2D eigenvalue weighted by molar-refractivity contribution is 0.436. The van der Waals surface area contributed by atoms with E-state index in [0.717, 1.165) is 5.82 Å². The van der Waals surface area contributed by atoms with Crippen LogP contribution in [0.3, 0.4) is 0 Å². The lowest BCUT2D eigenvalue weighted by Crippen LogP contribution is -2.12. The summed E-state index contributed by atoms with van der Waals surface area (Å²) in [5, 5.41) is 15.2. The first-order valence-electron chi connectivity index (χ1n) is 9.40. The molecule has 128 valence electrons. The van der Waals surface area contributed by atoms with Gasteiger partial charge in [-0.25, -0.2) is 0 Å². The molecule has 0 radical (unpaired) electrons. The summed E-state index contributed by atoms with van der Waals surface area (Å²) >= 11 is 0. The first-order chi connectivity index (χ1) is 12.3. The SMILES string of the molecule is CC(Nc1nnc(C2CCCCC2)c2ccccc12)c1ccccc1. The minimum absolute atomic E-state index is 0.194. The van der Waals surface area contributed by atoms with Crippen molar-refractivity contribution in [3.8, 4) is 0 Å². The van der Waals surface area contributed by atoms with E-state index in [1.54, 1.807) is 0 Å². The number of hydrogen-bond acceptors (Lipinski definition) is 3. The van der Waals surface area contributed by atoms with E-state index in [1.807, 2.05) is 6.07 Å². The van der Waals surface area contributed by atoms with E-state index in [1.165, 1.54) is 54.1 Å². The van der Waals surface area contributed by atoms with Crippen LogP contribution >= 0.6 is 0 Å². The van der Waals surface area contributed by atoms with Crippen molar-refractivity contribution in [2.24, 2.45) is 0 Å². The Hall–Kier alpha value is -2.42. The molecule has 0 amide bonds. The highest BCUT2D eigenvalue weighted by Crippen LogP contribution is 2.36. The Morgan fingerprint density at radius 1 is 0.840 bits per heavy atom. The molecule has 1 atom stereocenters. The number of aromatic nitrogens is 2. The fourth-order valence-electron chi connectivity index (χ4n) is 3.94. The van der Waals surface area contributed by atoms with Crippen molar-refractivity contribution in [2.45, 2.75) is 51.0 Å².